The van der Waals surface area contributed by atoms with Crippen molar-refractivity contribution in [2.24, 2.45) is 0 Å². The van der Waals surface area contributed by atoms with E-state index in [0.29, 0.717) is 13.0 Å². The fourth-order valence-electron chi connectivity index (χ4n) is 6.40. The van der Waals surface area contributed by atoms with Gasteiger partial charge in [0.15, 0.2) is 0 Å². The zero-order valence-corrected chi connectivity index (χ0v) is 25.0. The number of methoxy groups -OCH3 is 2. The molecule has 2 saturated heterocycles. The van der Waals surface area contributed by atoms with Gasteiger partial charge in [0.05, 0.1) is 47.2 Å². The summed E-state index contributed by atoms with van der Waals surface area (Å²) in [6.45, 7) is 2.05. The molecule has 0 unspecified atom stereocenters. The van der Waals surface area contributed by atoms with Gasteiger partial charge in [-0.2, -0.15) is 0 Å². The van der Waals surface area contributed by atoms with Gasteiger partial charge in [-0.3, -0.25) is 9.59 Å². The summed E-state index contributed by atoms with van der Waals surface area (Å²) in [5, 5.41) is 0. The molecule has 4 aromatic rings. The Hall–Kier alpha value is -4.02. The van der Waals surface area contributed by atoms with Gasteiger partial charge >= 0.3 is 0 Å². The van der Waals surface area contributed by atoms with E-state index >= 15 is 0 Å². The van der Waals surface area contributed by atoms with Crippen molar-refractivity contribution in [3.63, 3.8) is 0 Å². The number of ether oxygens (including phenoxy) is 2. The normalized spacial score (nSPS) is 19.0. The number of nitrogens with one attached hydrogen (secondary N) is 2. The summed E-state index contributed by atoms with van der Waals surface area (Å²) in [7, 11) is 3.17. The summed E-state index contributed by atoms with van der Waals surface area (Å²) in [5.74, 6) is 1.84. The SMILES string of the molecule is COCCC(=O)N1CCC[C@@H]1c1nc2ccc(C/C=C/Cc3ccc4nc([C@H]5CCCN5C(=O)COC)[nH]c4c3)cc2[nH]1. The highest BCUT2D eigenvalue weighted by Crippen LogP contribution is 2.33. The highest BCUT2D eigenvalue weighted by atomic mass is 16.5. The second-order valence-electron chi connectivity index (χ2n) is 11.5. The van der Waals surface area contributed by atoms with Gasteiger partial charge in [-0.15, -0.1) is 0 Å². The smallest absolute Gasteiger partial charge is 0.249 e. The van der Waals surface area contributed by atoms with Gasteiger partial charge in [0, 0.05) is 27.3 Å². The number of carbonyl (C=O) groups is 2. The number of benzene rings is 2. The van der Waals surface area contributed by atoms with Crippen molar-refractivity contribution in [3.05, 3.63) is 71.3 Å². The van der Waals surface area contributed by atoms with Crippen LogP contribution in [0.5, 0.6) is 0 Å². The first-order valence-electron chi connectivity index (χ1n) is 15.2. The molecule has 0 aliphatic carbocycles. The van der Waals surface area contributed by atoms with Crippen LogP contribution in [0.4, 0.5) is 0 Å². The zero-order chi connectivity index (χ0) is 29.8. The predicted octanol–water partition coefficient (Wildman–Crippen LogP) is 4.79. The minimum atomic E-state index is -0.0258. The lowest BCUT2D eigenvalue weighted by molar-refractivity contribution is -0.136. The molecule has 2 aliphatic rings. The maximum Gasteiger partial charge on any atom is 0.249 e. The molecule has 2 fully saturated rings. The van der Waals surface area contributed by atoms with Crippen LogP contribution in [0.2, 0.25) is 0 Å². The summed E-state index contributed by atoms with van der Waals surface area (Å²) < 4.78 is 10.2. The maximum atomic E-state index is 12.7. The molecule has 4 heterocycles. The molecule has 2 N–H and O–H groups in total. The number of fused-ring (bicyclic) bond motifs is 2. The Morgan fingerprint density at radius 1 is 0.814 bits per heavy atom. The number of likely N-dealkylation sites (tertiary alicyclic amines) is 2. The van der Waals surface area contributed by atoms with Crippen molar-refractivity contribution in [2.75, 3.05) is 40.5 Å². The summed E-state index contributed by atoms with van der Waals surface area (Å²) >= 11 is 0. The number of aromatic amines is 2. The van der Waals surface area contributed by atoms with Crippen molar-refractivity contribution in [1.29, 1.82) is 0 Å². The van der Waals surface area contributed by atoms with Crippen molar-refractivity contribution in [2.45, 2.75) is 57.0 Å². The molecule has 0 spiro atoms. The number of hydrogen-bond donors (Lipinski definition) is 2. The largest absolute Gasteiger partial charge is 0.384 e. The molecule has 10 heteroatoms. The Morgan fingerprint density at radius 3 is 1.86 bits per heavy atom. The van der Waals surface area contributed by atoms with Crippen molar-refractivity contribution in [1.82, 2.24) is 29.7 Å². The lowest BCUT2D eigenvalue weighted by Crippen LogP contribution is -2.33. The third kappa shape index (κ3) is 6.35. The summed E-state index contributed by atoms with van der Waals surface area (Å²) in [6, 6.07) is 12.6. The van der Waals surface area contributed by atoms with E-state index in [9.17, 15) is 9.59 Å². The molecular formula is C33H40N6O4. The van der Waals surface area contributed by atoms with Crippen molar-refractivity contribution < 1.29 is 19.1 Å². The van der Waals surface area contributed by atoms with Crippen LogP contribution in [-0.2, 0) is 31.9 Å². The number of hydrogen-bond acceptors (Lipinski definition) is 6. The van der Waals surface area contributed by atoms with Gasteiger partial charge in [0.1, 0.15) is 18.3 Å². The van der Waals surface area contributed by atoms with Crippen LogP contribution in [0.3, 0.4) is 0 Å². The lowest BCUT2D eigenvalue weighted by Gasteiger charge is -2.23. The molecular weight excluding hydrogens is 544 g/mol. The Labute approximate surface area is 251 Å². The third-order valence-corrected chi connectivity index (χ3v) is 8.57. The van der Waals surface area contributed by atoms with Gasteiger partial charge in [0.2, 0.25) is 11.8 Å². The number of amides is 2. The average molecular weight is 585 g/mol. The molecule has 10 nitrogen and oxygen atoms in total. The van der Waals surface area contributed by atoms with Crippen LogP contribution in [0.25, 0.3) is 22.1 Å². The summed E-state index contributed by atoms with van der Waals surface area (Å²) in [5.41, 5.74) is 6.25. The first-order valence-corrected chi connectivity index (χ1v) is 15.2. The summed E-state index contributed by atoms with van der Waals surface area (Å²) in [4.78, 5) is 45.5. The Balaban J connectivity index is 1.08. The predicted molar refractivity (Wildman–Crippen MR) is 164 cm³/mol. The first kappa shape index (κ1) is 29.1. The van der Waals surface area contributed by atoms with Crippen LogP contribution in [0.15, 0.2) is 48.6 Å². The van der Waals surface area contributed by atoms with E-state index in [0.717, 1.165) is 85.3 Å². The first-order chi connectivity index (χ1) is 21.0. The number of H-pyrrole nitrogens is 2. The fourth-order valence-corrected chi connectivity index (χ4v) is 6.40. The monoisotopic (exact) mass is 584 g/mol. The molecule has 0 saturated carbocycles. The molecule has 226 valence electrons. The maximum absolute atomic E-state index is 12.7. The quantitative estimate of drug-likeness (QED) is 0.245. The van der Waals surface area contributed by atoms with E-state index in [4.69, 9.17) is 19.4 Å². The minimum Gasteiger partial charge on any atom is -0.384 e. The Kier molecular flexibility index (Phi) is 8.85. The number of aromatic nitrogens is 4. The Morgan fingerprint density at radius 2 is 1.35 bits per heavy atom. The van der Waals surface area contributed by atoms with Crippen LogP contribution < -0.4 is 0 Å². The molecule has 6 rings (SSSR count). The highest BCUT2D eigenvalue weighted by molar-refractivity contribution is 5.80. The molecule has 0 bridgehead atoms. The molecule has 43 heavy (non-hydrogen) atoms. The van der Waals surface area contributed by atoms with Crippen LogP contribution in [0.1, 0.15) is 67.0 Å². The van der Waals surface area contributed by atoms with Gasteiger partial charge in [0.25, 0.3) is 0 Å². The minimum absolute atomic E-state index is 0.00126. The van der Waals surface area contributed by atoms with E-state index in [1.165, 1.54) is 11.1 Å². The molecule has 2 aromatic carbocycles. The van der Waals surface area contributed by atoms with E-state index in [-0.39, 0.29) is 30.5 Å². The van der Waals surface area contributed by atoms with Crippen LogP contribution in [0, 0.1) is 0 Å². The molecule has 0 radical (unpaired) electrons. The zero-order valence-electron chi connectivity index (χ0n) is 25.0. The molecule has 2 amide bonds. The van der Waals surface area contributed by atoms with Gasteiger partial charge < -0.3 is 29.2 Å². The Bertz CT molecular complexity index is 1620. The lowest BCUT2D eigenvalue weighted by atomic mass is 10.1. The van der Waals surface area contributed by atoms with Crippen LogP contribution in [-0.4, -0.2) is 82.1 Å². The number of nitrogens with zero attached hydrogens (tertiary/aromatic N) is 4. The number of rotatable bonds is 11. The highest BCUT2D eigenvalue weighted by Gasteiger charge is 2.33. The van der Waals surface area contributed by atoms with E-state index in [1.54, 1.807) is 14.2 Å². The van der Waals surface area contributed by atoms with Crippen molar-refractivity contribution in [3.8, 4) is 0 Å². The van der Waals surface area contributed by atoms with E-state index in [1.807, 2.05) is 9.80 Å². The third-order valence-electron chi connectivity index (χ3n) is 8.57. The second kappa shape index (κ2) is 13.1. The van der Waals surface area contributed by atoms with Gasteiger partial charge in [-0.05, 0) is 73.9 Å². The number of allylic oxidation sites excluding steroid dienone is 2. The molecule has 2 aliphatic heterocycles. The summed E-state index contributed by atoms with van der Waals surface area (Å²) in [6.07, 6.45) is 10.2. The van der Waals surface area contributed by atoms with Gasteiger partial charge in [-0.25, -0.2) is 9.97 Å². The standard InChI is InChI=1S/C33H40N6O4/c1-42-18-15-30(40)38-16-5-9-28(38)32-34-24-13-11-22(19-26(24)36-32)7-3-4-8-23-12-14-25-27(20-23)37-33(35-25)29-10-6-17-39(29)31(41)21-43-2/h3-4,11-14,19-20,28-29H,5-10,15-18,21H2,1-2H3,(H,34,36)(H,35,37)/b4-3+/t28-,29-/m1/s1. The van der Waals surface area contributed by atoms with Crippen LogP contribution >= 0.6 is 0 Å². The second-order valence-corrected chi connectivity index (χ2v) is 11.5. The average Bonchev–Trinajstić information content (AvgIpc) is 3.82. The van der Waals surface area contributed by atoms with E-state index < -0.39 is 0 Å². The van der Waals surface area contributed by atoms with Gasteiger partial charge in [-0.1, -0.05) is 24.3 Å². The fraction of sp³-hybridized carbons (Fsp3) is 0.455. The topological polar surface area (TPSA) is 116 Å². The van der Waals surface area contributed by atoms with E-state index in [2.05, 4.69) is 58.5 Å². The number of carbonyl (C=O) groups excluding carboxylic acids is 2. The molecule has 2 aromatic heterocycles. The number of imidazole rings is 2. The van der Waals surface area contributed by atoms with Crippen molar-refractivity contribution >= 4 is 33.9 Å². The molecule has 2 atom stereocenters.